The number of nitrogens with one attached hydrogen (secondary N) is 1. The largest absolute Gasteiger partial charge is 0.393 e. The van der Waals surface area contributed by atoms with Gasteiger partial charge in [-0.15, -0.1) is 0 Å². The van der Waals surface area contributed by atoms with Crippen molar-refractivity contribution in [2.75, 3.05) is 5.32 Å². The van der Waals surface area contributed by atoms with Crippen molar-refractivity contribution in [2.24, 2.45) is 11.7 Å². The van der Waals surface area contributed by atoms with Gasteiger partial charge >= 0.3 is 0 Å². The van der Waals surface area contributed by atoms with Gasteiger partial charge in [0.15, 0.2) is 0 Å². The number of hydrogen-bond donors (Lipinski definition) is 2. The van der Waals surface area contributed by atoms with Gasteiger partial charge in [0.1, 0.15) is 0 Å². The molecule has 1 rings (SSSR count). The first kappa shape index (κ1) is 15.6. The lowest BCUT2D eigenvalue weighted by atomic mass is 10.0. The Labute approximate surface area is 120 Å². The predicted molar refractivity (Wildman–Crippen MR) is 84.3 cm³/mol. The quantitative estimate of drug-likeness (QED) is 0.784. The normalized spacial score (nSPS) is 12.2. The number of carbonyl (C=O) groups is 1. The Kier molecular flexibility index (Phi) is 5.96. The summed E-state index contributed by atoms with van der Waals surface area (Å²) in [5.41, 5.74) is 7.64. The maximum atomic E-state index is 12.1. The minimum atomic E-state index is -0.384. The summed E-state index contributed by atoms with van der Waals surface area (Å²) in [5, 5.41) is 2.87. The first-order chi connectivity index (χ1) is 8.95. The van der Waals surface area contributed by atoms with Gasteiger partial charge < -0.3 is 11.1 Å². The Morgan fingerprint density at radius 3 is 2.32 bits per heavy atom. The molecule has 0 spiro atoms. The van der Waals surface area contributed by atoms with Gasteiger partial charge in [0, 0.05) is 5.69 Å². The topological polar surface area (TPSA) is 55.1 Å². The van der Waals surface area contributed by atoms with E-state index < -0.39 is 0 Å². The molecular weight excluding hydrogens is 256 g/mol. The van der Waals surface area contributed by atoms with Crippen molar-refractivity contribution < 1.29 is 4.79 Å². The van der Waals surface area contributed by atoms with E-state index in [1.807, 2.05) is 31.2 Å². The van der Waals surface area contributed by atoms with Crippen molar-refractivity contribution in [3.63, 3.8) is 0 Å². The van der Waals surface area contributed by atoms with Crippen molar-refractivity contribution >= 4 is 28.8 Å². The molecule has 19 heavy (non-hydrogen) atoms. The van der Waals surface area contributed by atoms with E-state index in [0.717, 1.165) is 12.1 Å². The highest BCUT2D eigenvalue weighted by atomic mass is 32.1. The van der Waals surface area contributed by atoms with Crippen LogP contribution in [-0.4, -0.2) is 10.9 Å². The van der Waals surface area contributed by atoms with Crippen LogP contribution in [-0.2, 0) is 4.79 Å². The third kappa shape index (κ3) is 4.63. The van der Waals surface area contributed by atoms with Crippen LogP contribution < -0.4 is 11.1 Å². The molecule has 0 heterocycles. The van der Waals surface area contributed by atoms with Gasteiger partial charge in [0.05, 0.1) is 10.9 Å². The molecule has 1 amide bonds. The van der Waals surface area contributed by atoms with E-state index in [9.17, 15) is 4.79 Å². The Morgan fingerprint density at radius 1 is 1.32 bits per heavy atom. The maximum Gasteiger partial charge on any atom is 0.234 e. The number of hydrogen-bond acceptors (Lipinski definition) is 2. The number of benzene rings is 1. The van der Waals surface area contributed by atoms with E-state index in [1.165, 1.54) is 5.56 Å². The van der Waals surface area contributed by atoms with E-state index in [1.54, 1.807) is 0 Å². The van der Waals surface area contributed by atoms with Crippen LogP contribution in [0.3, 0.4) is 0 Å². The van der Waals surface area contributed by atoms with E-state index in [2.05, 4.69) is 19.2 Å². The summed E-state index contributed by atoms with van der Waals surface area (Å²) in [7, 11) is 0. The fourth-order valence-corrected chi connectivity index (χ4v) is 2.10. The van der Waals surface area contributed by atoms with Gasteiger partial charge in [-0.2, -0.15) is 0 Å². The molecule has 0 fully saturated rings. The van der Waals surface area contributed by atoms with Crippen LogP contribution in [0.15, 0.2) is 24.3 Å². The molecule has 0 bridgehead atoms. The first-order valence-corrected chi connectivity index (χ1v) is 7.06. The Balaban J connectivity index is 2.72. The van der Waals surface area contributed by atoms with Crippen LogP contribution in [0.4, 0.5) is 5.69 Å². The van der Waals surface area contributed by atoms with Crippen LogP contribution in [0.5, 0.6) is 0 Å². The monoisotopic (exact) mass is 278 g/mol. The fourth-order valence-electron chi connectivity index (χ4n) is 1.87. The van der Waals surface area contributed by atoms with Crippen molar-refractivity contribution in [3.05, 3.63) is 29.8 Å². The second-order valence-corrected chi connectivity index (χ2v) is 5.48. The molecule has 0 aliphatic rings. The number of nitrogens with two attached hydrogens (primary N) is 1. The third-order valence-corrected chi connectivity index (χ3v) is 3.37. The minimum absolute atomic E-state index is 0.119. The van der Waals surface area contributed by atoms with Gasteiger partial charge in [-0.05, 0) is 30.0 Å². The second kappa shape index (κ2) is 7.24. The molecule has 1 aromatic carbocycles. The standard InChI is InChI=1S/C15H22N2OS/c1-4-5-13(14(16)19)15(18)17-12-8-6-11(7-9-12)10(2)3/h6-10,13H,4-5H2,1-3H3,(H2,16,19)(H,17,18). The Morgan fingerprint density at radius 2 is 1.89 bits per heavy atom. The van der Waals surface area contributed by atoms with E-state index in [4.69, 9.17) is 18.0 Å². The van der Waals surface area contributed by atoms with Gasteiger partial charge in [0.2, 0.25) is 5.91 Å². The molecule has 1 aromatic rings. The maximum absolute atomic E-state index is 12.1. The molecule has 3 nitrogen and oxygen atoms in total. The smallest absolute Gasteiger partial charge is 0.234 e. The van der Waals surface area contributed by atoms with Gasteiger partial charge in [-0.25, -0.2) is 0 Å². The molecular formula is C15H22N2OS. The van der Waals surface area contributed by atoms with Crippen molar-refractivity contribution in [2.45, 2.75) is 39.5 Å². The minimum Gasteiger partial charge on any atom is -0.393 e. The number of thiocarbonyl (C=S) groups is 1. The van der Waals surface area contributed by atoms with Gasteiger partial charge in [0.25, 0.3) is 0 Å². The highest BCUT2D eigenvalue weighted by Gasteiger charge is 2.20. The molecule has 0 aliphatic carbocycles. The number of anilines is 1. The summed E-state index contributed by atoms with van der Waals surface area (Å²) in [6.07, 6.45) is 1.56. The SMILES string of the molecule is CCCC(C(=O)Nc1ccc(C(C)C)cc1)C(N)=S. The lowest BCUT2D eigenvalue weighted by Crippen LogP contribution is -2.33. The Hall–Kier alpha value is -1.42. The highest BCUT2D eigenvalue weighted by molar-refractivity contribution is 7.80. The zero-order chi connectivity index (χ0) is 14.4. The molecule has 0 saturated heterocycles. The Bertz CT molecular complexity index is 440. The number of amides is 1. The average Bonchev–Trinajstić information content (AvgIpc) is 2.36. The first-order valence-electron chi connectivity index (χ1n) is 6.65. The molecule has 0 aliphatic heterocycles. The van der Waals surface area contributed by atoms with E-state index in [0.29, 0.717) is 12.3 Å². The van der Waals surface area contributed by atoms with Crippen molar-refractivity contribution in [1.82, 2.24) is 0 Å². The molecule has 0 radical (unpaired) electrons. The van der Waals surface area contributed by atoms with E-state index >= 15 is 0 Å². The predicted octanol–water partition coefficient (Wildman–Crippen LogP) is 3.45. The molecule has 1 unspecified atom stereocenters. The zero-order valence-corrected chi connectivity index (χ0v) is 12.6. The summed E-state index contributed by atoms with van der Waals surface area (Å²) in [6, 6.07) is 7.87. The van der Waals surface area contributed by atoms with Gasteiger partial charge in [-0.3, -0.25) is 4.79 Å². The van der Waals surface area contributed by atoms with Crippen LogP contribution in [0.2, 0.25) is 0 Å². The van der Waals surface area contributed by atoms with Gasteiger partial charge in [-0.1, -0.05) is 51.5 Å². The number of rotatable bonds is 6. The summed E-state index contributed by atoms with van der Waals surface area (Å²) in [6.45, 7) is 6.28. The van der Waals surface area contributed by atoms with Crippen LogP contribution in [0, 0.1) is 5.92 Å². The summed E-state index contributed by atoms with van der Waals surface area (Å²) in [4.78, 5) is 12.3. The molecule has 3 N–H and O–H groups in total. The lowest BCUT2D eigenvalue weighted by Gasteiger charge is -2.15. The summed E-state index contributed by atoms with van der Waals surface area (Å²) in [5.74, 6) is -0.0226. The second-order valence-electron chi connectivity index (χ2n) is 5.01. The average molecular weight is 278 g/mol. The van der Waals surface area contributed by atoms with Crippen LogP contribution >= 0.6 is 12.2 Å². The molecule has 1 atom stereocenters. The molecule has 4 heteroatoms. The molecule has 104 valence electrons. The fraction of sp³-hybridized carbons (Fsp3) is 0.467. The molecule has 0 aromatic heterocycles. The summed E-state index contributed by atoms with van der Waals surface area (Å²) < 4.78 is 0. The van der Waals surface area contributed by atoms with Crippen LogP contribution in [0.1, 0.15) is 45.1 Å². The van der Waals surface area contributed by atoms with Crippen molar-refractivity contribution in [1.29, 1.82) is 0 Å². The van der Waals surface area contributed by atoms with Crippen LogP contribution in [0.25, 0.3) is 0 Å². The van der Waals surface area contributed by atoms with E-state index in [-0.39, 0.29) is 16.8 Å². The third-order valence-electron chi connectivity index (χ3n) is 3.08. The lowest BCUT2D eigenvalue weighted by molar-refractivity contribution is -0.118. The number of carbonyl (C=O) groups excluding carboxylic acids is 1. The molecule has 0 saturated carbocycles. The zero-order valence-electron chi connectivity index (χ0n) is 11.8. The van der Waals surface area contributed by atoms with Crippen molar-refractivity contribution in [3.8, 4) is 0 Å². The summed E-state index contributed by atoms with van der Waals surface area (Å²) >= 11 is 4.95. The highest BCUT2D eigenvalue weighted by Crippen LogP contribution is 2.18.